The van der Waals surface area contributed by atoms with Gasteiger partial charge < -0.3 is 9.47 Å². The first-order valence-electron chi connectivity index (χ1n) is 7.95. The fraction of sp³-hybridized carbons (Fsp3) is 0.263. The molecule has 0 aliphatic heterocycles. The normalized spacial score (nSPS) is 15.1. The van der Waals surface area contributed by atoms with E-state index < -0.39 is 28.9 Å². The van der Waals surface area contributed by atoms with Crippen LogP contribution in [0.3, 0.4) is 0 Å². The van der Waals surface area contributed by atoms with Crippen LogP contribution in [-0.2, 0) is 19.1 Å². The summed E-state index contributed by atoms with van der Waals surface area (Å²) < 4.78 is 9.84. The van der Waals surface area contributed by atoms with Crippen molar-refractivity contribution in [2.24, 2.45) is 5.41 Å². The first-order chi connectivity index (χ1) is 12.0. The minimum atomic E-state index is -2.64. The van der Waals surface area contributed by atoms with E-state index in [0.29, 0.717) is 10.8 Å². The SMILES string of the molecule is CCOC(=O)C1(C(=O)OCC)C(=O)c2cccc3cccc(c23)C1=O. The zero-order valence-corrected chi connectivity index (χ0v) is 13.8. The molecule has 0 unspecified atom stereocenters. The number of rotatable bonds is 4. The van der Waals surface area contributed by atoms with Crippen LogP contribution in [0.15, 0.2) is 36.4 Å². The molecular formula is C19H16O6. The highest BCUT2D eigenvalue weighted by Gasteiger charge is 2.64. The molecule has 0 saturated heterocycles. The van der Waals surface area contributed by atoms with Crippen molar-refractivity contribution < 1.29 is 28.7 Å². The van der Waals surface area contributed by atoms with Gasteiger partial charge in [-0.3, -0.25) is 9.59 Å². The lowest BCUT2D eigenvalue weighted by Crippen LogP contribution is -2.56. The van der Waals surface area contributed by atoms with E-state index in [4.69, 9.17) is 9.47 Å². The number of carbonyl (C=O) groups is 4. The number of hydrogen-bond donors (Lipinski definition) is 0. The predicted molar refractivity (Wildman–Crippen MR) is 88.3 cm³/mol. The summed E-state index contributed by atoms with van der Waals surface area (Å²) in [5, 5.41) is 1.11. The molecule has 0 atom stereocenters. The number of hydrogen-bond acceptors (Lipinski definition) is 6. The van der Waals surface area contributed by atoms with E-state index in [9.17, 15) is 19.2 Å². The van der Waals surface area contributed by atoms with Gasteiger partial charge in [-0.25, -0.2) is 9.59 Å². The molecule has 6 heteroatoms. The van der Waals surface area contributed by atoms with Gasteiger partial charge in [-0.1, -0.05) is 36.4 Å². The molecule has 0 radical (unpaired) electrons. The minimum Gasteiger partial charge on any atom is -0.464 e. The second kappa shape index (κ2) is 6.12. The molecule has 2 aromatic rings. The van der Waals surface area contributed by atoms with Crippen molar-refractivity contribution >= 4 is 34.3 Å². The number of ether oxygens (including phenoxy) is 2. The fourth-order valence-corrected chi connectivity index (χ4v) is 3.16. The number of esters is 2. The van der Waals surface area contributed by atoms with Gasteiger partial charge in [-0.15, -0.1) is 0 Å². The van der Waals surface area contributed by atoms with Crippen LogP contribution >= 0.6 is 0 Å². The number of ketones is 2. The minimum absolute atomic E-state index is 0.0770. The predicted octanol–water partition coefficient (Wildman–Crippen LogP) is 2.33. The summed E-state index contributed by atoms with van der Waals surface area (Å²) in [6.07, 6.45) is 0. The first kappa shape index (κ1) is 16.8. The molecule has 0 saturated carbocycles. The lowest BCUT2D eigenvalue weighted by Gasteiger charge is -2.30. The summed E-state index contributed by atoms with van der Waals surface area (Å²) in [5.41, 5.74) is -2.38. The van der Waals surface area contributed by atoms with Gasteiger partial charge in [0.05, 0.1) is 13.2 Å². The average molecular weight is 340 g/mol. The van der Waals surface area contributed by atoms with E-state index in [2.05, 4.69) is 0 Å². The molecule has 128 valence electrons. The van der Waals surface area contributed by atoms with E-state index in [1.165, 1.54) is 26.0 Å². The maximum atomic E-state index is 13.1. The highest BCUT2D eigenvalue weighted by atomic mass is 16.6. The van der Waals surface area contributed by atoms with Gasteiger partial charge in [0.15, 0.2) is 11.6 Å². The molecule has 3 rings (SSSR count). The Bertz CT molecular complexity index is 841. The monoisotopic (exact) mass is 340 g/mol. The molecule has 1 aliphatic rings. The Balaban J connectivity index is 2.35. The van der Waals surface area contributed by atoms with Crippen molar-refractivity contribution in [2.75, 3.05) is 13.2 Å². The van der Waals surface area contributed by atoms with Crippen LogP contribution in [0.1, 0.15) is 34.6 Å². The summed E-state index contributed by atoms with van der Waals surface area (Å²) in [7, 11) is 0. The Labute approximate surface area is 143 Å². The molecule has 25 heavy (non-hydrogen) atoms. The van der Waals surface area contributed by atoms with Gasteiger partial charge in [0.1, 0.15) is 0 Å². The van der Waals surface area contributed by atoms with Gasteiger partial charge in [0.2, 0.25) is 0 Å². The highest BCUT2D eigenvalue weighted by molar-refractivity contribution is 6.47. The van der Waals surface area contributed by atoms with Crippen molar-refractivity contribution in [2.45, 2.75) is 13.8 Å². The molecule has 0 aromatic heterocycles. The van der Waals surface area contributed by atoms with Crippen molar-refractivity contribution in [3.8, 4) is 0 Å². The molecule has 1 aliphatic carbocycles. The Morgan fingerprint density at radius 2 is 1.28 bits per heavy atom. The molecule has 0 spiro atoms. The molecule has 0 N–H and O–H groups in total. The second-order valence-corrected chi connectivity index (χ2v) is 5.56. The molecule has 0 fully saturated rings. The fourth-order valence-electron chi connectivity index (χ4n) is 3.16. The number of Topliss-reactive ketones (excluding diaryl/α,β-unsaturated/α-hetero) is 2. The largest absolute Gasteiger partial charge is 0.464 e. The summed E-state index contributed by atoms with van der Waals surface area (Å²) in [6, 6.07) is 9.77. The van der Waals surface area contributed by atoms with Crippen molar-refractivity contribution in [1.29, 1.82) is 0 Å². The zero-order chi connectivity index (χ0) is 18.2. The molecule has 0 heterocycles. The topological polar surface area (TPSA) is 86.7 Å². The van der Waals surface area contributed by atoms with E-state index in [0.717, 1.165) is 0 Å². The molecular weight excluding hydrogens is 324 g/mol. The van der Waals surface area contributed by atoms with Gasteiger partial charge in [-0.2, -0.15) is 0 Å². The second-order valence-electron chi connectivity index (χ2n) is 5.56. The maximum Gasteiger partial charge on any atom is 0.339 e. The Morgan fingerprint density at radius 1 is 0.840 bits per heavy atom. The van der Waals surface area contributed by atoms with Crippen LogP contribution in [0.2, 0.25) is 0 Å². The third kappa shape index (κ3) is 2.17. The van der Waals surface area contributed by atoms with E-state index >= 15 is 0 Å². The van der Waals surface area contributed by atoms with Crippen LogP contribution in [0.4, 0.5) is 0 Å². The van der Waals surface area contributed by atoms with Crippen LogP contribution in [0.5, 0.6) is 0 Å². The smallest absolute Gasteiger partial charge is 0.339 e. The van der Waals surface area contributed by atoms with Gasteiger partial charge in [0, 0.05) is 16.5 Å². The van der Waals surface area contributed by atoms with Crippen LogP contribution in [0, 0.1) is 5.41 Å². The van der Waals surface area contributed by atoms with Gasteiger partial charge in [-0.05, 0) is 19.2 Å². The lowest BCUT2D eigenvalue weighted by molar-refractivity contribution is -0.163. The highest BCUT2D eigenvalue weighted by Crippen LogP contribution is 2.40. The van der Waals surface area contributed by atoms with Crippen molar-refractivity contribution in [3.63, 3.8) is 0 Å². The van der Waals surface area contributed by atoms with E-state index in [-0.39, 0.29) is 24.3 Å². The Kier molecular flexibility index (Phi) is 4.12. The van der Waals surface area contributed by atoms with Crippen LogP contribution in [-0.4, -0.2) is 36.7 Å². The van der Waals surface area contributed by atoms with Crippen molar-refractivity contribution in [1.82, 2.24) is 0 Å². The number of benzene rings is 2. The quantitative estimate of drug-likeness (QED) is 0.627. The van der Waals surface area contributed by atoms with Crippen LogP contribution < -0.4 is 0 Å². The third-order valence-electron chi connectivity index (χ3n) is 4.24. The average Bonchev–Trinajstić information content (AvgIpc) is 2.60. The van der Waals surface area contributed by atoms with E-state index in [1.807, 2.05) is 0 Å². The summed E-state index contributed by atoms with van der Waals surface area (Å²) in [6.45, 7) is 2.91. The number of carbonyl (C=O) groups excluding carboxylic acids is 4. The molecule has 6 nitrogen and oxygen atoms in total. The summed E-state index contributed by atoms with van der Waals surface area (Å²) >= 11 is 0. The van der Waals surface area contributed by atoms with E-state index in [1.54, 1.807) is 24.3 Å². The maximum absolute atomic E-state index is 13.1. The van der Waals surface area contributed by atoms with Crippen molar-refractivity contribution in [3.05, 3.63) is 47.5 Å². The third-order valence-corrected chi connectivity index (χ3v) is 4.24. The molecule has 2 aromatic carbocycles. The van der Waals surface area contributed by atoms with Crippen LogP contribution in [0.25, 0.3) is 10.8 Å². The zero-order valence-electron chi connectivity index (χ0n) is 13.8. The van der Waals surface area contributed by atoms with Gasteiger partial charge >= 0.3 is 11.9 Å². The lowest BCUT2D eigenvalue weighted by atomic mass is 9.68. The standard InChI is InChI=1S/C19H16O6/c1-3-24-17(22)19(18(23)25-4-2)15(20)12-9-5-7-11-8-6-10-13(14(11)12)16(19)21/h5-10H,3-4H2,1-2H3. The molecule has 0 amide bonds. The summed E-state index contributed by atoms with van der Waals surface area (Å²) in [4.78, 5) is 51.5. The van der Waals surface area contributed by atoms with Gasteiger partial charge in [0.25, 0.3) is 5.41 Å². The Morgan fingerprint density at radius 3 is 1.68 bits per heavy atom. The Hall–Kier alpha value is -3.02. The summed E-state index contributed by atoms with van der Waals surface area (Å²) in [5.74, 6) is -4.21. The molecule has 0 bridgehead atoms. The first-order valence-corrected chi connectivity index (χ1v) is 7.95.